The first-order valence-electron chi connectivity index (χ1n) is 10.2. The van der Waals surface area contributed by atoms with Crippen molar-refractivity contribution < 1.29 is 13.9 Å². The number of hydrogen-bond acceptors (Lipinski definition) is 5. The van der Waals surface area contributed by atoms with Crippen molar-refractivity contribution in [1.29, 1.82) is 0 Å². The number of halogens is 1. The maximum Gasteiger partial charge on any atom is 0.250 e. The zero-order valence-electron chi connectivity index (χ0n) is 17.9. The minimum atomic E-state index is -0.268. The highest BCUT2D eigenvalue weighted by Crippen LogP contribution is 2.37. The minimum absolute atomic E-state index is 0.268. The lowest BCUT2D eigenvalue weighted by Crippen LogP contribution is -2.08. The van der Waals surface area contributed by atoms with Crippen LogP contribution in [0.5, 0.6) is 5.75 Å². The fraction of sp³-hybridized carbons (Fsp3) is 0.0769. The lowest BCUT2D eigenvalue weighted by atomic mass is 9.99. The molecule has 5 aromatic rings. The third kappa shape index (κ3) is 4.23. The van der Waals surface area contributed by atoms with E-state index >= 15 is 0 Å². The number of allylic oxidation sites excluding steroid dienone is 1. The van der Waals surface area contributed by atoms with Crippen molar-refractivity contribution in [2.75, 3.05) is 12.4 Å². The molecule has 0 fully saturated rings. The Morgan fingerprint density at radius 1 is 1.15 bits per heavy atom. The molecule has 3 aromatic carbocycles. The number of ether oxygens (including phenoxy) is 1. The van der Waals surface area contributed by atoms with Gasteiger partial charge in [0, 0.05) is 33.7 Å². The van der Waals surface area contributed by atoms with Gasteiger partial charge in [-0.3, -0.25) is 10.1 Å². The molecule has 0 radical (unpaired) electrons. The number of anilines is 1. The smallest absolute Gasteiger partial charge is 0.250 e. The summed E-state index contributed by atoms with van der Waals surface area (Å²) < 4.78 is 12.3. The summed E-state index contributed by atoms with van der Waals surface area (Å²) in [4.78, 5) is 17.2. The van der Waals surface area contributed by atoms with E-state index in [0.717, 1.165) is 43.4 Å². The van der Waals surface area contributed by atoms with E-state index in [4.69, 9.17) is 20.8 Å². The molecule has 33 heavy (non-hydrogen) atoms. The number of hydrogen-bond donors (Lipinski definition) is 1. The number of methoxy groups -OCH3 is 1. The van der Waals surface area contributed by atoms with Crippen LogP contribution >= 0.6 is 22.9 Å². The van der Waals surface area contributed by atoms with Crippen LogP contribution in [0.15, 0.2) is 77.4 Å². The highest BCUT2D eigenvalue weighted by Gasteiger charge is 2.15. The van der Waals surface area contributed by atoms with Crippen molar-refractivity contribution in [3.8, 4) is 16.9 Å². The first-order valence-corrected chi connectivity index (χ1v) is 11.4. The zero-order chi connectivity index (χ0) is 22.9. The quantitative estimate of drug-likeness (QED) is 0.269. The van der Waals surface area contributed by atoms with E-state index in [-0.39, 0.29) is 5.91 Å². The normalized spacial score (nSPS) is 11.8. The Hall–Kier alpha value is -3.61. The summed E-state index contributed by atoms with van der Waals surface area (Å²) >= 11 is 7.42. The maximum atomic E-state index is 12.7. The Morgan fingerprint density at radius 3 is 2.76 bits per heavy atom. The maximum absolute atomic E-state index is 12.7. The number of amides is 1. The monoisotopic (exact) mass is 474 g/mol. The molecule has 1 N–H and O–H groups in total. The Labute approximate surface area is 199 Å². The number of nitrogens with one attached hydrogen (secondary N) is 1. The van der Waals surface area contributed by atoms with Crippen molar-refractivity contribution in [3.05, 3.63) is 83.6 Å². The van der Waals surface area contributed by atoms with Crippen LogP contribution in [-0.4, -0.2) is 18.0 Å². The van der Waals surface area contributed by atoms with E-state index in [0.29, 0.717) is 15.9 Å². The second-order valence-corrected chi connectivity index (χ2v) is 8.98. The van der Waals surface area contributed by atoms with E-state index < -0.39 is 0 Å². The molecule has 164 valence electrons. The average Bonchev–Trinajstić information content (AvgIpc) is 3.41. The molecule has 0 bridgehead atoms. The summed E-state index contributed by atoms with van der Waals surface area (Å²) in [6, 6.07) is 19.3. The molecule has 5 nitrogen and oxygen atoms in total. The molecular weight excluding hydrogens is 456 g/mol. The summed E-state index contributed by atoms with van der Waals surface area (Å²) in [5.41, 5.74) is 5.13. The summed E-state index contributed by atoms with van der Waals surface area (Å²) in [5, 5.41) is 4.95. The topological polar surface area (TPSA) is 64.4 Å². The van der Waals surface area contributed by atoms with Gasteiger partial charge in [-0.15, -0.1) is 0 Å². The SMILES string of the molecule is COc1cc2occ(-c3ccccc3)c2cc1/C(C)=C/C(=O)Nc1nc2ccc(Cl)cc2s1. The lowest BCUT2D eigenvalue weighted by molar-refractivity contribution is -0.111. The van der Waals surface area contributed by atoms with Gasteiger partial charge in [-0.25, -0.2) is 4.98 Å². The number of furan rings is 1. The summed E-state index contributed by atoms with van der Waals surface area (Å²) in [7, 11) is 1.60. The van der Waals surface area contributed by atoms with Gasteiger partial charge in [0.15, 0.2) is 5.13 Å². The number of carbonyl (C=O) groups excluding carboxylic acids is 1. The molecule has 0 aliphatic rings. The molecule has 0 aliphatic carbocycles. The Bertz CT molecular complexity index is 1520. The van der Waals surface area contributed by atoms with Gasteiger partial charge in [0.2, 0.25) is 5.91 Å². The number of thiazole rings is 1. The van der Waals surface area contributed by atoms with Crippen LogP contribution in [-0.2, 0) is 4.79 Å². The van der Waals surface area contributed by atoms with E-state index in [2.05, 4.69) is 10.3 Å². The van der Waals surface area contributed by atoms with Gasteiger partial charge in [-0.05, 0) is 42.3 Å². The molecule has 0 unspecified atom stereocenters. The number of nitrogens with zero attached hydrogens (tertiary/aromatic N) is 1. The highest BCUT2D eigenvalue weighted by atomic mass is 35.5. The minimum Gasteiger partial charge on any atom is -0.496 e. The molecule has 2 aromatic heterocycles. The molecule has 0 atom stereocenters. The van der Waals surface area contributed by atoms with Gasteiger partial charge in [-0.2, -0.15) is 0 Å². The van der Waals surface area contributed by atoms with Crippen LogP contribution in [0, 0.1) is 0 Å². The van der Waals surface area contributed by atoms with E-state index in [1.165, 1.54) is 11.3 Å². The molecule has 5 rings (SSSR count). The van der Waals surface area contributed by atoms with Crippen molar-refractivity contribution in [2.24, 2.45) is 0 Å². The van der Waals surface area contributed by atoms with E-state index in [1.807, 2.05) is 61.5 Å². The van der Waals surface area contributed by atoms with Gasteiger partial charge in [0.1, 0.15) is 11.3 Å². The molecule has 2 heterocycles. The fourth-order valence-electron chi connectivity index (χ4n) is 3.74. The Balaban J connectivity index is 1.48. The number of fused-ring (bicyclic) bond motifs is 2. The first-order chi connectivity index (χ1) is 16.0. The van der Waals surface area contributed by atoms with Crippen molar-refractivity contribution in [1.82, 2.24) is 4.98 Å². The molecule has 7 heteroatoms. The molecule has 0 spiro atoms. The van der Waals surface area contributed by atoms with Crippen molar-refractivity contribution in [2.45, 2.75) is 6.92 Å². The predicted octanol–water partition coefficient (Wildman–Crippen LogP) is 7.41. The summed E-state index contributed by atoms with van der Waals surface area (Å²) in [6.07, 6.45) is 3.29. The largest absolute Gasteiger partial charge is 0.496 e. The zero-order valence-corrected chi connectivity index (χ0v) is 19.5. The highest BCUT2D eigenvalue weighted by molar-refractivity contribution is 7.22. The molecule has 0 saturated heterocycles. The van der Waals surface area contributed by atoms with Crippen molar-refractivity contribution >= 4 is 60.7 Å². The van der Waals surface area contributed by atoms with E-state index in [9.17, 15) is 4.79 Å². The number of benzene rings is 3. The summed E-state index contributed by atoms with van der Waals surface area (Å²) in [5.74, 6) is 0.364. The third-order valence-corrected chi connectivity index (χ3v) is 6.50. The standard InChI is InChI=1S/C26H19ClN2O3S/c1-15(10-25(30)29-26-28-21-9-8-17(27)11-24(21)33-26)18-12-19-20(16-6-4-3-5-7-16)14-32-23(19)13-22(18)31-2/h3-14H,1-2H3,(H,28,29,30)/b15-10+. The molecule has 0 saturated carbocycles. The first kappa shape index (κ1) is 21.2. The van der Waals surface area contributed by atoms with Gasteiger partial charge >= 0.3 is 0 Å². The van der Waals surface area contributed by atoms with Crippen LogP contribution in [0.25, 0.3) is 37.9 Å². The van der Waals surface area contributed by atoms with Gasteiger partial charge in [-0.1, -0.05) is 53.3 Å². The third-order valence-electron chi connectivity index (χ3n) is 5.33. The molecule has 1 amide bonds. The van der Waals surface area contributed by atoms with Crippen molar-refractivity contribution in [3.63, 3.8) is 0 Å². The second-order valence-electron chi connectivity index (χ2n) is 7.51. The number of rotatable bonds is 5. The summed E-state index contributed by atoms with van der Waals surface area (Å²) in [6.45, 7) is 1.88. The fourth-order valence-corrected chi connectivity index (χ4v) is 4.89. The van der Waals surface area contributed by atoms with Crippen LogP contribution in [0.2, 0.25) is 5.02 Å². The van der Waals surface area contributed by atoms with Crippen LogP contribution in [0.3, 0.4) is 0 Å². The number of carbonyl (C=O) groups is 1. The predicted molar refractivity (Wildman–Crippen MR) is 135 cm³/mol. The Kier molecular flexibility index (Phi) is 5.62. The van der Waals surface area contributed by atoms with Gasteiger partial charge in [0.25, 0.3) is 0 Å². The molecular formula is C26H19ClN2O3S. The van der Waals surface area contributed by atoms with Gasteiger partial charge in [0.05, 0.1) is 23.6 Å². The lowest BCUT2D eigenvalue weighted by Gasteiger charge is -2.10. The molecule has 0 aliphatic heterocycles. The number of aromatic nitrogens is 1. The van der Waals surface area contributed by atoms with Gasteiger partial charge < -0.3 is 9.15 Å². The average molecular weight is 475 g/mol. The van der Waals surface area contributed by atoms with E-state index in [1.54, 1.807) is 25.5 Å². The van der Waals surface area contributed by atoms with Crippen LogP contribution in [0.1, 0.15) is 12.5 Å². The van der Waals surface area contributed by atoms with Crippen LogP contribution < -0.4 is 10.1 Å². The second kappa shape index (κ2) is 8.73. The van der Waals surface area contributed by atoms with Crippen LogP contribution in [0.4, 0.5) is 5.13 Å². The Morgan fingerprint density at radius 2 is 1.97 bits per heavy atom.